The van der Waals surface area contributed by atoms with Gasteiger partial charge in [-0.1, -0.05) is 36.4 Å². The molecule has 1 aromatic carbocycles. The van der Waals surface area contributed by atoms with Gasteiger partial charge in [-0.05, 0) is 19.7 Å². The highest BCUT2D eigenvalue weighted by Crippen LogP contribution is 2.20. The fourth-order valence-corrected chi connectivity index (χ4v) is 1.66. The quantitative estimate of drug-likeness (QED) is 0.685. The second kappa shape index (κ2) is 5.47. The zero-order chi connectivity index (χ0) is 11.3. The van der Waals surface area contributed by atoms with Gasteiger partial charge in [-0.25, -0.2) is 0 Å². The largest absolute Gasteiger partial charge is 0.297 e. The third-order valence-corrected chi connectivity index (χ3v) is 2.28. The molecule has 1 rings (SSSR count). The Morgan fingerprint density at radius 3 is 2.47 bits per heavy atom. The lowest BCUT2D eigenvalue weighted by atomic mass is 10.00. The van der Waals surface area contributed by atoms with Crippen LogP contribution in [-0.2, 0) is 4.79 Å². The van der Waals surface area contributed by atoms with Gasteiger partial charge in [0.05, 0.1) is 6.04 Å². The van der Waals surface area contributed by atoms with Crippen LogP contribution in [-0.4, -0.2) is 24.8 Å². The molecule has 2 heteroatoms. The molecule has 1 atom stereocenters. The van der Waals surface area contributed by atoms with Gasteiger partial charge in [0.15, 0.2) is 5.78 Å². The summed E-state index contributed by atoms with van der Waals surface area (Å²) < 4.78 is 0. The Morgan fingerprint density at radius 2 is 2.00 bits per heavy atom. The minimum Gasteiger partial charge on any atom is -0.297 e. The first kappa shape index (κ1) is 11.7. The second-order valence-corrected chi connectivity index (χ2v) is 3.74. The van der Waals surface area contributed by atoms with Crippen LogP contribution < -0.4 is 0 Å². The highest BCUT2D eigenvalue weighted by atomic mass is 16.1. The smallest absolute Gasteiger partial charge is 0.158 e. The average Bonchev–Trinajstić information content (AvgIpc) is 2.19. The van der Waals surface area contributed by atoms with Crippen molar-refractivity contribution in [2.24, 2.45) is 0 Å². The van der Waals surface area contributed by atoms with Gasteiger partial charge in [-0.15, -0.1) is 6.58 Å². The van der Waals surface area contributed by atoms with Crippen LogP contribution >= 0.6 is 0 Å². The molecule has 0 aliphatic heterocycles. The third-order valence-electron chi connectivity index (χ3n) is 2.28. The van der Waals surface area contributed by atoms with Crippen molar-refractivity contribution in [2.45, 2.75) is 12.5 Å². The molecule has 1 aromatic rings. The summed E-state index contributed by atoms with van der Waals surface area (Å²) in [6, 6.07) is 9.65. The van der Waals surface area contributed by atoms with E-state index in [1.54, 1.807) is 6.08 Å². The summed E-state index contributed by atoms with van der Waals surface area (Å²) >= 11 is 0. The summed E-state index contributed by atoms with van der Waals surface area (Å²) in [4.78, 5) is 13.8. The van der Waals surface area contributed by atoms with E-state index in [0.717, 1.165) is 5.56 Å². The first-order valence-corrected chi connectivity index (χ1v) is 5.01. The van der Waals surface area contributed by atoms with E-state index in [9.17, 15) is 4.79 Å². The molecule has 0 aromatic heterocycles. The van der Waals surface area contributed by atoms with Gasteiger partial charge in [-0.3, -0.25) is 9.69 Å². The van der Waals surface area contributed by atoms with Crippen molar-refractivity contribution in [3.63, 3.8) is 0 Å². The lowest BCUT2D eigenvalue weighted by Crippen LogP contribution is -2.27. The average molecular weight is 203 g/mol. The van der Waals surface area contributed by atoms with Crippen molar-refractivity contribution in [1.29, 1.82) is 0 Å². The zero-order valence-corrected chi connectivity index (χ0v) is 9.31. The first-order chi connectivity index (χ1) is 7.16. The van der Waals surface area contributed by atoms with E-state index in [0.29, 0.717) is 6.42 Å². The predicted octanol–water partition coefficient (Wildman–Crippen LogP) is 2.43. The molecule has 15 heavy (non-hydrogen) atoms. The molecular formula is C13H17NO. The highest BCUT2D eigenvalue weighted by Gasteiger charge is 2.20. The minimum atomic E-state index is -0.163. The summed E-state index contributed by atoms with van der Waals surface area (Å²) in [5.41, 5.74) is 1.04. The number of hydrogen-bond acceptors (Lipinski definition) is 2. The SMILES string of the molecule is C=CCC(=O)C(c1ccccc1)N(C)C. The molecule has 80 valence electrons. The van der Waals surface area contributed by atoms with E-state index in [1.165, 1.54) is 0 Å². The fourth-order valence-electron chi connectivity index (χ4n) is 1.66. The van der Waals surface area contributed by atoms with Crippen molar-refractivity contribution >= 4 is 5.78 Å². The standard InChI is InChI=1S/C13H17NO/c1-4-8-12(15)13(14(2)3)11-9-6-5-7-10-11/h4-7,9-10,13H,1,8H2,2-3H3. The Labute approximate surface area is 91.2 Å². The van der Waals surface area contributed by atoms with Crippen LogP contribution in [0.4, 0.5) is 0 Å². The van der Waals surface area contributed by atoms with E-state index in [1.807, 2.05) is 49.3 Å². The molecular weight excluding hydrogens is 186 g/mol. The molecule has 0 saturated heterocycles. The molecule has 0 saturated carbocycles. The van der Waals surface area contributed by atoms with E-state index in [2.05, 4.69) is 6.58 Å². The maximum absolute atomic E-state index is 11.9. The highest BCUT2D eigenvalue weighted by molar-refractivity contribution is 5.86. The maximum atomic E-state index is 11.9. The monoisotopic (exact) mass is 203 g/mol. The molecule has 0 aliphatic carbocycles. The van der Waals surface area contributed by atoms with E-state index < -0.39 is 0 Å². The number of ketones is 1. The van der Waals surface area contributed by atoms with Crippen molar-refractivity contribution in [3.8, 4) is 0 Å². The summed E-state index contributed by atoms with van der Waals surface area (Å²) in [5, 5.41) is 0. The van der Waals surface area contributed by atoms with Crippen molar-refractivity contribution in [3.05, 3.63) is 48.6 Å². The molecule has 2 nitrogen and oxygen atoms in total. The van der Waals surface area contributed by atoms with Gasteiger partial charge >= 0.3 is 0 Å². The maximum Gasteiger partial charge on any atom is 0.158 e. The van der Waals surface area contributed by atoms with Gasteiger partial charge in [-0.2, -0.15) is 0 Å². The molecule has 0 spiro atoms. The number of benzene rings is 1. The zero-order valence-electron chi connectivity index (χ0n) is 9.31. The normalized spacial score (nSPS) is 12.5. The lowest BCUT2D eigenvalue weighted by molar-refractivity contribution is -0.122. The molecule has 0 heterocycles. The lowest BCUT2D eigenvalue weighted by Gasteiger charge is -2.22. The third kappa shape index (κ3) is 3.03. The van der Waals surface area contributed by atoms with Crippen molar-refractivity contribution in [2.75, 3.05) is 14.1 Å². The Kier molecular flexibility index (Phi) is 4.25. The molecule has 0 aliphatic rings. The molecule has 1 unspecified atom stereocenters. The Balaban J connectivity index is 2.93. The van der Waals surface area contributed by atoms with Gasteiger partial charge < -0.3 is 0 Å². The Morgan fingerprint density at radius 1 is 1.40 bits per heavy atom. The first-order valence-electron chi connectivity index (χ1n) is 5.01. The number of Topliss-reactive ketones (excluding diaryl/α,β-unsaturated/α-hetero) is 1. The van der Waals surface area contributed by atoms with Crippen molar-refractivity contribution in [1.82, 2.24) is 4.90 Å². The van der Waals surface area contributed by atoms with Gasteiger partial charge in [0.1, 0.15) is 0 Å². The topological polar surface area (TPSA) is 20.3 Å². The number of hydrogen-bond donors (Lipinski definition) is 0. The fraction of sp³-hybridized carbons (Fsp3) is 0.308. The number of nitrogens with zero attached hydrogens (tertiary/aromatic N) is 1. The van der Waals surface area contributed by atoms with Crippen LogP contribution in [0.15, 0.2) is 43.0 Å². The van der Waals surface area contributed by atoms with E-state index >= 15 is 0 Å². The Bertz CT molecular complexity index is 330. The van der Waals surface area contributed by atoms with E-state index in [-0.39, 0.29) is 11.8 Å². The number of likely N-dealkylation sites (N-methyl/N-ethyl adjacent to an activating group) is 1. The molecule has 0 fully saturated rings. The van der Waals surface area contributed by atoms with Gasteiger partial charge in [0.25, 0.3) is 0 Å². The summed E-state index contributed by atoms with van der Waals surface area (Å²) in [7, 11) is 3.83. The molecule has 0 N–H and O–H groups in total. The van der Waals surface area contributed by atoms with Crippen LogP contribution in [0.25, 0.3) is 0 Å². The number of allylic oxidation sites excluding steroid dienone is 1. The summed E-state index contributed by atoms with van der Waals surface area (Å²) in [5.74, 6) is 0.182. The minimum absolute atomic E-state index is 0.163. The molecule has 0 bridgehead atoms. The van der Waals surface area contributed by atoms with Crippen LogP contribution in [0, 0.1) is 0 Å². The van der Waals surface area contributed by atoms with Crippen LogP contribution in [0.2, 0.25) is 0 Å². The van der Waals surface area contributed by atoms with Crippen LogP contribution in [0.3, 0.4) is 0 Å². The van der Waals surface area contributed by atoms with Crippen molar-refractivity contribution < 1.29 is 4.79 Å². The van der Waals surface area contributed by atoms with Gasteiger partial charge in [0.2, 0.25) is 0 Å². The molecule has 0 radical (unpaired) electrons. The summed E-state index contributed by atoms with van der Waals surface area (Å²) in [6.45, 7) is 3.60. The Hall–Kier alpha value is -1.41. The molecule has 0 amide bonds. The number of rotatable bonds is 5. The number of carbonyl (C=O) groups excluding carboxylic acids is 1. The van der Waals surface area contributed by atoms with Gasteiger partial charge in [0, 0.05) is 6.42 Å². The second-order valence-electron chi connectivity index (χ2n) is 3.74. The van der Waals surface area contributed by atoms with Crippen LogP contribution in [0.5, 0.6) is 0 Å². The summed E-state index contributed by atoms with van der Waals surface area (Å²) in [6.07, 6.45) is 2.07. The predicted molar refractivity (Wildman–Crippen MR) is 62.7 cm³/mol. The number of carbonyl (C=O) groups is 1. The van der Waals surface area contributed by atoms with E-state index in [4.69, 9.17) is 0 Å². The van der Waals surface area contributed by atoms with Crippen LogP contribution in [0.1, 0.15) is 18.0 Å².